The molecule has 0 amide bonds. The van der Waals surface area contributed by atoms with Gasteiger partial charge in [0, 0.05) is 19.1 Å². The molecule has 5 heteroatoms. The fourth-order valence-corrected chi connectivity index (χ4v) is 3.33. The zero-order chi connectivity index (χ0) is 12.7. The van der Waals surface area contributed by atoms with E-state index in [2.05, 4.69) is 12.2 Å². The van der Waals surface area contributed by atoms with Crippen LogP contribution in [-0.2, 0) is 10.0 Å². The van der Waals surface area contributed by atoms with Crippen molar-refractivity contribution in [2.45, 2.75) is 52.0 Å². The predicted octanol–water partition coefficient (Wildman–Crippen LogP) is 1.58. The fourth-order valence-electron chi connectivity index (χ4n) is 2.20. The Hall–Kier alpha value is -0.130. The largest absolute Gasteiger partial charge is 0.314 e. The van der Waals surface area contributed by atoms with Gasteiger partial charge in [0.2, 0.25) is 10.0 Å². The van der Waals surface area contributed by atoms with Crippen LogP contribution in [0.5, 0.6) is 0 Å². The van der Waals surface area contributed by atoms with Crippen LogP contribution < -0.4 is 5.32 Å². The highest BCUT2D eigenvalue weighted by Gasteiger charge is 2.25. The number of hydrogen-bond acceptors (Lipinski definition) is 3. The maximum Gasteiger partial charge on any atom is 0.213 e. The molecule has 1 aliphatic heterocycles. The van der Waals surface area contributed by atoms with Crippen molar-refractivity contribution < 1.29 is 8.42 Å². The lowest BCUT2D eigenvalue weighted by atomic mass is 10.1. The van der Waals surface area contributed by atoms with Crippen molar-refractivity contribution in [3.8, 4) is 0 Å². The second kappa shape index (κ2) is 7.34. The topological polar surface area (TPSA) is 49.4 Å². The molecular weight excluding hydrogens is 236 g/mol. The SMILES string of the molecule is CCCCCNC1CCN(S(=O)(=O)CC)CC1. The normalized spacial score (nSPS) is 19.6. The van der Waals surface area contributed by atoms with E-state index in [1.54, 1.807) is 11.2 Å². The Bertz CT molecular complexity index is 296. The maximum absolute atomic E-state index is 11.7. The second-order valence-electron chi connectivity index (χ2n) is 4.74. The molecule has 0 aliphatic carbocycles. The molecule has 0 radical (unpaired) electrons. The van der Waals surface area contributed by atoms with Crippen molar-refractivity contribution in [2.24, 2.45) is 0 Å². The smallest absolute Gasteiger partial charge is 0.213 e. The van der Waals surface area contributed by atoms with Crippen LogP contribution in [-0.4, -0.2) is 44.2 Å². The van der Waals surface area contributed by atoms with Gasteiger partial charge in [-0.3, -0.25) is 0 Å². The fraction of sp³-hybridized carbons (Fsp3) is 1.00. The molecule has 0 spiro atoms. The third-order valence-electron chi connectivity index (χ3n) is 3.43. The molecule has 1 heterocycles. The van der Waals surface area contributed by atoms with Gasteiger partial charge in [-0.25, -0.2) is 12.7 Å². The minimum atomic E-state index is -2.97. The van der Waals surface area contributed by atoms with Crippen LogP contribution in [0.4, 0.5) is 0 Å². The molecular formula is C12H26N2O2S. The van der Waals surface area contributed by atoms with Crippen molar-refractivity contribution >= 4 is 10.0 Å². The van der Waals surface area contributed by atoms with Crippen molar-refractivity contribution in [3.05, 3.63) is 0 Å². The summed E-state index contributed by atoms with van der Waals surface area (Å²) in [6, 6.07) is 0.509. The Morgan fingerprint density at radius 1 is 1.18 bits per heavy atom. The molecule has 0 unspecified atom stereocenters. The summed E-state index contributed by atoms with van der Waals surface area (Å²) in [6.07, 6.45) is 5.64. The third-order valence-corrected chi connectivity index (χ3v) is 5.31. The van der Waals surface area contributed by atoms with Crippen LogP contribution in [0.1, 0.15) is 46.0 Å². The van der Waals surface area contributed by atoms with E-state index in [9.17, 15) is 8.42 Å². The quantitative estimate of drug-likeness (QED) is 0.709. The number of sulfonamides is 1. The summed E-state index contributed by atoms with van der Waals surface area (Å²) < 4.78 is 25.0. The number of nitrogens with one attached hydrogen (secondary N) is 1. The molecule has 4 nitrogen and oxygen atoms in total. The molecule has 0 atom stereocenters. The summed E-state index contributed by atoms with van der Waals surface area (Å²) >= 11 is 0. The molecule has 1 fully saturated rings. The van der Waals surface area contributed by atoms with Gasteiger partial charge in [0.05, 0.1) is 5.75 Å². The second-order valence-corrected chi connectivity index (χ2v) is 6.99. The van der Waals surface area contributed by atoms with Gasteiger partial charge in [-0.2, -0.15) is 0 Å². The summed E-state index contributed by atoms with van der Waals surface area (Å²) in [5.41, 5.74) is 0. The highest BCUT2D eigenvalue weighted by molar-refractivity contribution is 7.89. The lowest BCUT2D eigenvalue weighted by molar-refractivity contribution is 0.289. The number of piperidine rings is 1. The Labute approximate surface area is 106 Å². The molecule has 17 heavy (non-hydrogen) atoms. The lowest BCUT2D eigenvalue weighted by Gasteiger charge is -2.31. The first kappa shape index (κ1) is 14.9. The molecule has 0 bridgehead atoms. The molecule has 0 aromatic rings. The van der Waals surface area contributed by atoms with Gasteiger partial charge in [-0.05, 0) is 32.7 Å². The van der Waals surface area contributed by atoms with Crippen molar-refractivity contribution in [3.63, 3.8) is 0 Å². The van der Waals surface area contributed by atoms with E-state index in [4.69, 9.17) is 0 Å². The van der Waals surface area contributed by atoms with E-state index >= 15 is 0 Å². The van der Waals surface area contributed by atoms with Gasteiger partial charge in [-0.1, -0.05) is 19.8 Å². The van der Waals surface area contributed by atoms with Crippen LogP contribution in [0.25, 0.3) is 0 Å². The average Bonchev–Trinajstić information content (AvgIpc) is 2.35. The van der Waals surface area contributed by atoms with E-state index in [0.717, 1.165) is 19.4 Å². The molecule has 0 aromatic carbocycles. The number of hydrogen-bond donors (Lipinski definition) is 1. The standard InChI is InChI=1S/C12H26N2O2S/c1-3-5-6-9-13-12-7-10-14(11-8-12)17(15,16)4-2/h12-13H,3-11H2,1-2H3. The predicted molar refractivity (Wildman–Crippen MR) is 71.6 cm³/mol. The van der Waals surface area contributed by atoms with E-state index < -0.39 is 10.0 Å². The Balaban J connectivity index is 2.22. The first-order valence-corrected chi connectivity index (χ1v) is 8.42. The van der Waals surface area contributed by atoms with Crippen molar-refractivity contribution in [2.75, 3.05) is 25.4 Å². The Morgan fingerprint density at radius 2 is 1.82 bits per heavy atom. The van der Waals surface area contributed by atoms with Crippen LogP contribution >= 0.6 is 0 Å². The molecule has 1 aliphatic rings. The number of unbranched alkanes of at least 4 members (excludes halogenated alkanes) is 2. The van der Waals surface area contributed by atoms with E-state index in [1.807, 2.05) is 0 Å². The molecule has 1 saturated heterocycles. The molecule has 1 N–H and O–H groups in total. The van der Waals surface area contributed by atoms with Gasteiger partial charge in [0.15, 0.2) is 0 Å². The van der Waals surface area contributed by atoms with E-state index in [0.29, 0.717) is 19.1 Å². The van der Waals surface area contributed by atoms with E-state index in [1.165, 1.54) is 19.3 Å². The lowest BCUT2D eigenvalue weighted by Crippen LogP contribution is -2.45. The molecule has 0 saturated carbocycles. The third kappa shape index (κ3) is 4.94. The summed E-state index contributed by atoms with van der Waals surface area (Å²) in [5, 5.41) is 3.52. The average molecular weight is 262 g/mol. The van der Waals surface area contributed by atoms with Crippen LogP contribution in [0.15, 0.2) is 0 Å². The first-order valence-electron chi connectivity index (χ1n) is 6.81. The van der Waals surface area contributed by atoms with Gasteiger partial charge >= 0.3 is 0 Å². The minimum Gasteiger partial charge on any atom is -0.314 e. The van der Waals surface area contributed by atoms with E-state index in [-0.39, 0.29) is 5.75 Å². The summed E-state index contributed by atoms with van der Waals surface area (Å²) in [5.74, 6) is 0.224. The first-order chi connectivity index (χ1) is 8.10. The molecule has 102 valence electrons. The minimum absolute atomic E-state index is 0.224. The monoisotopic (exact) mass is 262 g/mol. The zero-order valence-corrected chi connectivity index (χ0v) is 11.9. The van der Waals surface area contributed by atoms with Crippen LogP contribution in [0.3, 0.4) is 0 Å². The Kier molecular flexibility index (Phi) is 6.44. The molecule has 0 aromatic heterocycles. The number of nitrogens with zero attached hydrogens (tertiary/aromatic N) is 1. The van der Waals surface area contributed by atoms with Gasteiger partial charge in [0.1, 0.15) is 0 Å². The van der Waals surface area contributed by atoms with Gasteiger partial charge in [0.25, 0.3) is 0 Å². The zero-order valence-electron chi connectivity index (χ0n) is 11.1. The van der Waals surface area contributed by atoms with Crippen molar-refractivity contribution in [1.29, 1.82) is 0 Å². The summed E-state index contributed by atoms with van der Waals surface area (Å²) in [4.78, 5) is 0. The summed E-state index contributed by atoms with van der Waals surface area (Å²) in [7, 11) is -2.97. The number of rotatable bonds is 7. The van der Waals surface area contributed by atoms with Crippen LogP contribution in [0, 0.1) is 0 Å². The van der Waals surface area contributed by atoms with Gasteiger partial charge in [-0.15, -0.1) is 0 Å². The van der Waals surface area contributed by atoms with Crippen molar-refractivity contribution in [1.82, 2.24) is 9.62 Å². The highest BCUT2D eigenvalue weighted by atomic mass is 32.2. The Morgan fingerprint density at radius 3 is 2.35 bits per heavy atom. The maximum atomic E-state index is 11.7. The highest BCUT2D eigenvalue weighted by Crippen LogP contribution is 2.14. The van der Waals surface area contributed by atoms with Gasteiger partial charge < -0.3 is 5.32 Å². The van der Waals surface area contributed by atoms with Crippen LogP contribution in [0.2, 0.25) is 0 Å². The summed E-state index contributed by atoms with van der Waals surface area (Å²) in [6.45, 7) is 6.35. The molecule has 1 rings (SSSR count).